The Kier molecular flexibility index (Phi) is 5.34. The highest BCUT2D eigenvalue weighted by Crippen LogP contribution is 2.28. The standard InChI is InChI=1S/C23H25FN4O/c1-3-12-28-21-7-5-4-6-19(21)26-23(28)27-13-10-17(11-14-27)22(29)25-20-15-18(24)9-8-16(20)2/h3-9,15,17H,1,10-14H2,2H3,(H,25,29). The molecule has 0 unspecified atom stereocenters. The number of fused-ring (bicyclic) bond motifs is 1. The van der Waals surface area contributed by atoms with Crippen molar-refractivity contribution in [3.63, 3.8) is 0 Å². The number of nitrogens with one attached hydrogen (secondary N) is 1. The molecular weight excluding hydrogens is 367 g/mol. The van der Waals surface area contributed by atoms with E-state index in [4.69, 9.17) is 4.98 Å². The van der Waals surface area contributed by atoms with E-state index < -0.39 is 0 Å². The predicted molar refractivity (Wildman–Crippen MR) is 115 cm³/mol. The Balaban J connectivity index is 1.46. The number of hydrogen-bond acceptors (Lipinski definition) is 3. The van der Waals surface area contributed by atoms with Crippen molar-refractivity contribution in [2.75, 3.05) is 23.3 Å². The minimum atomic E-state index is -0.346. The minimum absolute atomic E-state index is 0.0436. The van der Waals surface area contributed by atoms with Gasteiger partial charge in [-0.1, -0.05) is 24.3 Å². The molecule has 1 amide bonds. The third-order valence-corrected chi connectivity index (χ3v) is 5.55. The van der Waals surface area contributed by atoms with E-state index in [2.05, 4.69) is 27.4 Å². The normalized spacial score (nSPS) is 14.9. The fourth-order valence-corrected chi connectivity index (χ4v) is 3.92. The molecule has 0 bridgehead atoms. The maximum Gasteiger partial charge on any atom is 0.227 e. The summed E-state index contributed by atoms with van der Waals surface area (Å²) >= 11 is 0. The maximum atomic E-state index is 13.5. The Bertz CT molecular complexity index is 1050. The maximum absolute atomic E-state index is 13.5. The highest BCUT2D eigenvalue weighted by atomic mass is 19.1. The van der Waals surface area contributed by atoms with Crippen LogP contribution < -0.4 is 10.2 Å². The van der Waals surface area contributed by atoms with Crippen LogP contribution in [0.5, 0.6) is 0 Å². The van der Waals surface area contributed by atoms with Gasteiger partial charge in [-0.3, -0.25) is 4.79 Å². The first-order valence-electron chi connectivity index (χ1n) is 9.95. The molecule has 1 N–H and O–H groups in total. The van der Waals surface area contributed by atoms with Crippen LogP contribution in [0.4, 0.5) is 16.0 Å². The summed E-state index contributed by atoms with van der Waals surface area (Å²) in [4.78, 5) is 19.7. The smallest absolute Gasteiger partial charge is 0.227 e. The lowest BCUT2D eigenvalue weighted by molar-refractivity contribution is -0.120. The number of hydrogen-bond donors (Lipinski definition) is 1. The number of carbonyl (C=O) groups excluding carboxylic acids is 1. The van der Waals surface area contributed by atoms with E-state index in [0.717, 1.165) is 48.5 Å². The first-order valence-corrected chi connectivity index (χ1v) is 9.95. The average molecular weight is 392 g/mol. The highest BCUT2D eigenvalue weighted by Gasteiger charge is 2.28. The Morgan fingerprint density at radius 1 is 1.28 bits per heavy atom. The largest absolute Gasteiger partial charge is 0.342 e. The number of anilines is 2. The van der Waals surface area contributed by atoms with Crippen LogP contribution in [0.3, 0.4) is 0 Å². The van der Waals surface area contributed by atoms with Gasteiger partial charge in [-0.05, 0) is 49.6 Å². The van der Waals surface area contributed by atoms with Crippen LogP contribution in [0.2, 0.25) is 0 Å². The lowest BCUT2D eigenvalue weighted by atomic mass is 9.96. The zero-order valence-corrected chi connectivity index (χ0v) is 16.6. The first kappa shape index (κ1) is 19.2. The van der Waals surface area contributed by atoms with Gasteiger partial charge in [0.1, 0.15) is 5.82 Å². The second kappa shape index (κ2) is 8.07. The van der Waals surface area contributed by atoms with Crippen LogP contribution in [0, 0.1) is 18.7 Å². The zero-order valence-electron chi connectivity index (χ0n) is 16.6. The molecule has 0 spiro atoms. The number of halogens is 1. The molecule has 1 aliphatic heterocycles. The number of imidazole rings is 1. The van der Waals surface area contributed by atoms with E-state index in [1.807, 2.05) is 31.2 Å². The van der Waals surface area contributed by atoms with Gasteiger partial charge in [0.2, 0.25) is 11.9 Å². The summed E-state index contributed by atoms with van der Waals surface area (Å²) in [5.74, 6) is 0.442. The number of aromatic nitrogens is 2. The highest BCUT2D eigenvalue weighted by molar-refractivity contribution is 5.93. The van der Waals surface area contributed by atoms with Crippen LogP contribution in [0.25, 0.3) is 11.0 Å². The van der Waals surface area contributed by atoms with Crippen molar-refractivity contribution in [2.24, 2.45) is 5.92 Å². The quantitative estimate of drug-likeness (QED) is 0.649. The van der Waals surface area contributed by atoms with Gasteiger partial charge in [0.15, 0.2) is 0 Å². The van der Waals surface area contributed by atoms with Crippen molar-refractivity contribution in [3.8, 4) is 0 Å². The van der Waals surface area contributed by atoms with Gasteiger partial charge in [0, 0.05) is 31.2 Å². The van der Waals surface area contributed by atoms with Crippen LogP contribution in [0.1, 0.15) is 18.4 Å². The second-order valence-electron chi connectivity index (χ2n) is 7.51. The number of benzene rings is 2. The monoisotopic (exact) mass is 392 g/mol. The molecule has 0 saturated carbocycles. The number of carbonyl (C=O) groups is 1. The number of para-hydroxylation sites is 2. The van der Waals surface area contributed by atoms with Crippen molar-refractivity contribution in [3.05, 3.63) is 66.5 Å². The van der Waals surface area contributed by atoms with E-state index >= 15 is 0 Å². The molecule has 1 saturated heterocycles. The summed E-state index contributed by atoms with van der Waals surface area (Å²) in [6, 6.07) is 12.5. The van der Waals surface area contributed by atoms with Gasteiger partial charge in [-0.2, -0.15) is 0 Å². The fraction of sp³-hybridized carbons (Fsp3) is 0.304. The van der Waals surface area contributed by atoms with E-state index in [1.165, 1.54) is 12.1 Å². The van der Waals surface area contributed by atoms with Crippen molar-refractivity contribution in [1.82, 2.24) is 9.55 Å². The molecule has 0 atom stereocenters. The summed E-state index contributed by atoms with van der Waals surface area (Å²) in [6.45, 7) is 7.92. The molecule has 3 aromatic rings. The van der Waals surface area contributed by atoms with E-state index in [9.17, 15) is 9.18 Å². The average Bonchev–Trinajstić information content (AvgIpc) is 3.10. The number of piperidine rings is 1. The third-order valence-electron chi connectivity index (χ3n) is 5.55. The Hall–Kier alpha value is -3.15. The van der Waals surface area contributed by atoms with Gasteiger partial charge in [0.25, 0.3) is 0 Å². The molecule has 2 aromatic carbocycles. The first-order chi connectivity index (χ1) is 14.1. The molecule has 2 heterocycles. The zero-order chi connectivity index (χ0) is 20.4. The van der Waals surface area contributed by atoms with E-state index in [-0.39, 0.29) is 17.6 Å². The van der Waals surface area contributed by atoms with E-state index in [0.29, 0.717) is 12.2 Å². The Morgan fingerprint density at radius 3 is 2.79 bits per heavy atom. The number of nitrogens with zero attached hydrogens (tertiary/aromatic N) is 3. The van der Waals surface area contributed by atoms with Gasteiger partial charge >= 0.3 is 0 Å². The molecular formula is C23H25FN4O. The lowest BCUT2D eigenvalue weighted by Crippen LogP contribution is -2.39. The SMILES string of the molecule is C=CCn1c(N2CCC(C(=O)Nc3cc(F)ccc3C)CC2)nc2ccccc21. The predicted octanol–water partition coefficient (Wildman–Crippen LogP) is 4.52. The summed E-state index contributed by atoms with van der Waals surface area (Å²) in [5, 5.41) is 2.90. The van der Waals surface area contributed by atoms with E-state index in [1.54, 1.807) is 6.07 Å². The summed E-state index contributed by atoms with van der Waals surface area (Å²) in [5.41, 5.74) is 3.45. The van der Waals surface area contributed by atoms with Crippen LogP contribution in [-0.2, 0) is 11.3 Å². The van der Waals surface area contributed by atoms with Crippen LogP contribution >= 0.6 is 0 Å². The number of amides is 1. The van der Waals surface area contributed by atoms with Crippen molar-refractivity contribution >= 4 is 28.6 Å². The molecule has 5 nitrogen and oxygen atoms in total. The summed E-state index contributed by atoms with van der Waals surface area (Å²) in [6.07, 6.45) is 3.34. The summed E-state index contributed by atoms with van der Waals surface area (Å²) in [7, 11) is 0. The van der Waals surface area contributed by atoms with Crippen LogP contribution in [-0.4, -0.2) is 28.5 Å². The summed E-state index contributed by atoms with van der Waals surface area (Å²) < 4.78 is 15.7. The molecule has 29 heavy (non-hydrogen) atoms. The second-order valence-corrected chi connectivity index (χ2v) is 7.51. The molecule has 0 radical (unpaired) electrons. The molecule has 1 fully saturated rings. The fourth-order valence-electron chi connectivity index (χ4n) is 3.92. The molecule has 1 aliphatic rings. The molecule has 1 aromatic heterocycles. The van der Waals surface area contributed by atoms with Crippen LogP contribution in [0.15, 0.2) is 55.1 Å². The topological polar surface area (TPSA) is 50.2 Å². The van der Waals surface area contributed by atoms with Crippen molar-refractivity contribution < 1.29 is 9.18 Å². The number of allylic oxidation sites excluding steroid dienone is 1. The number of aryl methyl sites for hydroxylation is 1. The minimum Gasteiger partial charge on any atom is -0.342 e. The molecule has 150 valence electrons. The molecule has 6 heteroatoms. The van der Waals surface area contributed by atoms with Gasteiger partial charge in [-0.15, -0.1) is 6.58 Å². The lowest BCUT2D eigenvalue weighted by Gasteiger charge is -2.32. The van der Waals surface area contributed by atoms with Gasteiger partial charge in [-0.25, -0.2) is 9.37 Å². The van der Waals surface area contributed by atoms with Crippen molar-refractivity contribution in [2.45, 2.75) is 26.3 Å². The Labute approximate surface area is 169 Å². The molecule has 0 aliphatic carbocycles. The molecule has 4 rings (SSSR count). The van der Waals surface area contributed by atoms with Gasteiger partial charge < -0.3 is 14.8 Å². The van der Waals surface area contributed by atoms with Gasteiger partial charge in [0.05, 0.1) is 11.0 Å². The third kappa shape index (κ3) is 3.88. The Morgan fingerprint density at radius 2 is 2.03 bits per heavy atom. The number of rotatable bonds is 5. The van der Waals surface area contributed by atoms with Crippen molar-refractivity contribution in [1.29, 1.82) is 0 Å².